The van der Waals surface area contributed by atoms with Gasteiger partial charge in [-0.3, -0.25) is 0 Å². The third kappa shape index (κ3) is 4.95. The van der Waals surface area contributed by atoms with E-state index >= 15 is 0 Å². The molecule has 2 nitrogen and oxygen atoms in total. The number of ether oxygens (including phenoxy) is 1. The first-order valence-corrected chi connectivity index (χ1v) is 6.07. The molecule has 1 atom stereocenters. The molecule has 0 fully saturated rings. The Kier molecular flexibility index (Phi) is 6.05. The van der Waals surface area contributed by atoms with Crippen LogP contribution in [-0.2, 0) is 6.18 Å². The summed E-state index contributed by atoms with van der Waals surface area (Å²) in [6, 6.07) is 13.6. The van der Waals surface area contributed by atoms with Gasteiger partial charge in [-0.25, -0.2) is 0 Å². The Morgan fingerprint density at radius 2 is 1.67 bits per heavy atom. The van der Waals surface area contributed by atoms with Crippen molar-refractivity contribution in [2.75, 3.05) is 6.61 Å². The van der Waals surface area contributed by atoms with Crippen LogP contribution < -0.4 is 10.5 Å². The lowest BCUT2D eigenvalue weighted by atomic mass is 10.1. The first kappa shape index (κ1) is 17.3. The zero-order valence-electron chi connectivity index (χ0n) is 11.0. The molecule has 21 heavy (non-hydrogen) atoms. The van der Waals surface area contributed by atoms with Crippen LogP contribution >= 0.6 is 12.4 Å². The van der Waals surface area contributed by atoms with E-state index in [1.165, 1.54) is 12.1 Å². The summed E-state index contributed by atoms with van der Waals surface area (Å²) in [5.74, 6) is 0.159. The number of rotatable bonds is 4. The van der Waals surface area contributed by atoms with E-state index in [-0.39, 0.29) is 30.8 Å². The van der Waals surface area contributed by atoms with Gasteiger partial charge >= 0.3 is 6.18 Å². The molecule has 2 N–H and O–H groups in total. The molecule has 114 valence electrons. The van der Waals surface area contributed by atoms with E-state index in [2.05, 4.69) is 0 Å². The highest BCUT2D eigenvalue weighted by Crippen LogP contribution is 2.31. The van der Waals surface area contributed by atoms with E-state index < -0.39 is 11.7 Å². The van der Waals surface area contributed by atoms with Crippen molar-refractivity contribution in [2.24, 2.45) is 5.73 Å². The molecule has 0 bridgehead atoms. The molecular weight excluding hydrogens is 303 g/mol. The number of alkyl halides is 3. The summed E-state index contributed by atoms with van der Waals surface area (Å²) in [7, 11) is 0. The van der Waals surface area contributed by atoms with Gasteiger partial charge in [0, 0.05) is 0 Å². The van der Waals surface area contributed by atoms with Crippen LogP contribution in [0.4, 0.5) is 13.2 Å². The Morgan fingerprint density at radius 3 is 2.29 bits per heavy atom. The van der Waals surface area contributed by atoms with Gasteiger partial charge in [0.15, 0.2) is 0 Å². The SMILES string of the molecule is Cl.NC(COc1cccc(C(F)(F)F)c1)c1ccccc1. The van der Waals surface area contributed by atoms with Crippen LogP contribution in [0, 0.1) is 0 Å². The van der Waals surface area contributed by atoms with Gasteiger partial charge in [-0.05, 0) is 23.8 Å². The maximum Gasteiger partial charge on any atom is 0.416 e. The van der Waals surface area contributed by atoms with Gasteiger partial charge in [0.1, 0.15) is 12.4 Å². The van der Waals surface area contributed by atoms with Crippen molar-refractivity contribution >= 4 is 12.4 Å². The monoisotopic (exact) mass is 317 g/mol. The fourth-order valence-electron chi connectivity index (χ4n) is 1.74. The highest BCUT2D eigenvalue weighted by atomic mass is 35.5. The van der Waals surface area contributed by atoms with Crippen molar-refractivity contribution in [3.8, 4) is 5.75 Å². The van der Waals surface area contributed by atoms with Crippen LogP contribution in [0.5, 0.6) is 5.75 Å². The molecule has 2 aromatic carbocycles. The minimum Gasteiger partial charge on any atom is -0.492 e. The summed E-state index contributed by atoms with van der Waals surface area (Å²) in [6.45, 7) is 0.116. The van der Waals surface area contributed by atoms with Gasteiger partial charge in [-0.1, -0.05) is 36.4 Å². The molecule has 0 saturated heterocycles. The van der Waals surface area contributed by atoms with Crippen LogP contribution in [0.1, 0.15) is 17.2 Å². The van der Waals surface area contributed by atoms with Crippen LogP contribution in [-0.4, -0.2) is 6.61 Å². The molecular formula is C15H15ClF3NO. The average molecular weight is 318 g/mol. The zero-order valence-corrected chi connectivity index (χ0v) is 11.8. The quantitative estimate of drug-likeness (QED) is 0.917. The Bertz CT molecular complexity index is 560. The summed E-state index contributed by atoms with van der Waals surface area (Å²) in [6.07, 6.45) is -4.37. The minimum atomic E-state index is -4.37. The standard InChI is InChI=1S/C15H14F3NO.ClH/c16-15(17,18)12-7-4-8-13(9-12)20-10-14(19)11-5-2-1-3-6-11;/h1-9,14H,10,19H2;1H. The van der Waals surface area contributed by atoms with E-state index in [9.17, 15) is 13.2 Å². The van der Waals surface area contributed by atoms with Crippen molar-refractivity contribution in [1.29, 1.82) is 0 Å². The van der Waals surface area contributed by atoms with Crippen molar-refractivity contribution in [3.63, 3.8) is 0 Å². The first-order valence-electron chi connectivity index (χ1n) is 6.07. The van der Waals surface area contributed by atoms with E-state index in [1.54, 1.807) is 0 Å². The highest BCUT2D eigenvalue weighted by Gasteiger charge is 2.30. The second-order valence-electron chi connectivity index (χ2n) is 4.35. The van der Waals surface area contributed by atoms with Crippen LogP contribution in [0.3, 0.4) is 0 Å². The molecule has 0 aliphatic rings. The largest absolute Gasteiger partial charge is 0.492 e. The maximum absolute atomic E-state index is 12.6. The molecule has 0 saturated carbocycles. The molecule has 0 aliphatic heterocycles. The number of hydrogen-bond acceptors (Lipinski definition) is 2. The lowest BCUT2D eigenvalue weighted by Crippen LogP contribution is -2.19. The van der Waals surface area contributed by atoms with E-state index in [4.69, 9.17) is 10.5 Å². The lowest BCUT2D eigenvalue weighted by molar-refractivity contribution is -0.137. The number of halogens is 4. The van der Waals surface area contributed by atoms with Crippen molar-refractivity contribution < 1.29 is 17.9 Å². The summed E-state index contributed by atoms with van der Waals surface area (Å²) in [5, 5.41) is 0. The van der Waals surface area contributed by atoms with Crippen molar-refractivity contribution in [3.05, 3.63) is 65.7 Å². The molecule has 0 amide bonds. The molecule has 0 aliphatic carbocycles. The van der Waals surface area contributed by atoms with Gasteiger partial charge in [-0.15, -0.1) is 12.4 Å². The zero-order chi connectivity index (χ0) is 14.6. The smallest absolute Gasteiger partial charge is 0.416 e. The second-order valence-corrected chi connectivity index (χ2v) is 4.35. The summed E-state index contributed by atoms with van der Waals surface area (Å²) in [5.41, 5.74) is 6.06. The van der Waals surface area contributed by atoms with E-state index in [0.29, 0.717) is 0 Å². The molecule has 6 heteroatoms. The molecule has 0 heterocycles. The van der Waals surface area contributed by atoms with Crippen LogP contribution in [0.15, 0.2) is 54.6 Å². The summed E-state index contributed by atoms with van der Waals surface area (Å²) < 4.78 is 43.0. The summed E-state index contributed by atoms with van der Waals surface area (Å²) >= 11 is 0. The highest BCUT2D eigenvalue weighted by molar-refractivity contribution is 5.85. The van der Waals surface area contributed by atoms with E-state index in [1.807, 2.05) is 30.3 Å². The molecule has 2 aromatic rings. The Labute approximate surface area is 127 Å². The van der Waals surface area contributed by atoms with Crippen molar-refractivity contribution in [2.45, 2.75) is 12.2 Å². The van der Waals surface area contributed by atoms with Gasteiger partial charge in [0.2, 0.25) is 0 Å². The predicted molar refractivity (Wildman–Crippen MR) is 77.6 cm³/mol. The minimum absolute atomic E-state index is 0. The molecule has 0 radical (unpaired) electrons. The first-order chi connectivity index (χ1) is 9.47. The van der Waals surface area contributed by atoms with Gasteiger partial charge in [0.25, 0.3) is 0 Å². The van der Waals surface area contributed by atoms with Gasteiger partial charge in [0.05, 0.1) is 11.6 Å². The normalized spacial score (nSPS) is 12.4. The molecule has 1 unspecified atom stereocenters. The molecule has 0 aromatic heterocycles. The number of nitrogens with two attached hydrogens (primary N) is 1. The van der Waals surface area contributed by atoms with Crippen LogP contribution in [0.2, 0.25) is 0 Å². The second kappa shape index (κ2) is 7.33. The Morgan fingerprint density at radius 1 is 1.00 bits per heavy atom. The average Bonchev–Trinajstić information content (AvgIpc) is 2.45. The van der Waals surface area contributed by atoms with E-state index in [0.717, 1.165) is 17.7 Å². The molecule has 0 spiro atoms. The third-order valence-corrected chi connectivity index (χ3v) is 2.82. The topological polar surface area (TPSA) is 35.2 Å². The number of benzene rings is 2. The Balaban J connectivity index is 0.00000220. The summed E-state index contributed by atoms with van der Waals surface area (Å²) in [4.78, 5) is 0. The third-order valence-electron chi connectivity index (χ3n) is 2.82. The predicted octanol–water partition coefficient (Wildman–Crippen LogP) is 4.21. The lowest BCUT2D eigenvalue weighted by Gasteiger charge is -2.14. The number of hydrogen-bond donors (Lipinski definition) is 1. The van der Waals surface area contributed by atoms with Crippen LogP contribution in [0.25, 0.3) is 0 Å². The fraction of sp³-hybridized carbons (Fsp3) is 0.200. The maximum atomic E-state index is 12.6. The van der Waals surface area contributed by atoms with Crippen molar-refractivity contribution in [1.82, 2.24) is 0 Å². The van der Waals surface area contributed by atoms with Gasteiger partial charge in [-0.2, -0.15) is 13.2 Å². The molecule has 2 rings (SSSR count). The fourth-order valence-corrected chi connectivity index (χ4v) is 1.74. The Hall–Kier alpha value is -1.72. The van der Waals surface area contributed by atoms with Gasteiger partial charge < -0.3 is 10.5 Å².